The van der Waals surface area contributed by atoms with Gasteiger partial charge in [0.15, 0.2) is 0 Å². The van der Waals surface area contributed by atoms with Gasteiger partial charge in [-0.2, -0.15) is 0 Å². The Morgan fingerprint density at radius 2 is 2.33 bits per heavy atom. The monoisotopic (exact) mass is 172 g/mol. The highest BCUT2D eigenvalue weighted by molar-refractivity contribution is 5.72. The summed E-state index contributed by atoms with van der Waals surface area (Å²) in [7, 11) is 0. The highest BCUT2D eigenvalue weighted by Gasteiger charge is 2.49. The molecule has 2 aliphatic rings. The van der Waals surface area contributed by atoms with Crippen LogP contribution in [0.25, 0.3) is 0 Å². The van der Waals surface area contributed by atoms with Gasteiger partial charge < -0.3 is 14.9 Å². The Balaban J connectivity index is 2.11. The van der Waals surface area contributed by atoms with Crippen molar-refractivity contribution in [2.45, 2.75) is 25.0 Å². The van der Waals surface area contributed by atoms with E-state index in [-0.39, 0.29) is 30.5 Å². The van der Waals surface area contributed by atoms with Gasteiger partial charge in [0.1, 0.15) is 6.10 Å². The van der Waals surface area contributed by atoms with E-state index in [1.54, 1.807) is 0 Å². The number of ether oxygens (including phenoxy) is 1. The van der Waals surface area contributed by atoms with E-state index in [0.717, 1.165) is 0 Å². The predicted molar refractivity (Wildman–Crippen MR) is 39.2 cm³/mol. The number of aliphatic hydroxyl groups is 2. The van der Waals surface area contributed by atoms with Gasteiger partial charge in [-0.05, 0) is 0 Å². The molecular formula is C8H12O4. The van der Waals surface area contributed by atoms with Crippen molar-refractivity contribution in [2.75, 3.05) is 6.61 Å². The van der Waals surface area contributed by atoms with Crippen molar-refractivity contribution in [2.24, 2.45) is 11.8 Å². The van der Waals surface area contributed by atoms with Crippen molar-refractivity contribution in [3.05, 3.63) is 0 Å². The summed E-state index contributed by atoms with van der Waals surface area (Å²) in [5, 5.41) is 18.4. The van der Waals surface area contributed by atoms with Crippen LogP contribution in [0.1, 0.15) is 12.8 Å². The SMILES string of the molecule is O=C1C[C@@H]2[C@H](CO)[C@H](O)C[C@@H]2O1. The van der Waals surface area contributed by atoms with Crippen LogP contribution in [0.4, 0.5) is 0 Å². The molecule has 1 aliphatic heterocycles. The van der Waals surface area contributed by atoms with Crippen LogP contribution < -0.4 is 0 Å². The third kappa shape index (κ3) is 1.03. The molecule has 1 heterocycles. The first-order chi connectivity index (χ1) is 5.72. The summed E-state index contributed by atoms with van der Waals surface area (Å²) < 4.78 is 4.98. The van der Waals surface area contributed by atoms with E-state index in [1.165, 1.54) is 0 Å². The number of carbonyl (C=O) groups excluding carboxylic acids is 1. The van der Waals surface area contributed by atoms with E-state index in [0.29, 0.717) is 12.8 Å². The lowest BCUT2D eigenvalue weighted by Crippen LogP contribution is -2.23. The Labute approximate surface area is 70.1 Å². The van der Waals surface area contributed by atoms with Crippen LogP contribution in [0.3, 0.4) is 0 Å². The fraction of sp³-hybridized carbons (Fsp3) is 0.875. The summed E-state index contributed by atoms with van der Waals surface area (Å²) in [6, 6.07) is 0. The van der Waals surface area contributed by atoms with Crippen molar-refractivity contribution >= 4 is 5.97 Å². The van der Waals surface area contributed by atoms with Crippen LogP contribution in [-0.4, -0.2) is 35.0 Å². The maximum absolute atomic E-state index is 10.8. The van der Waals surface area contributed by atoms with E-state index in [1.807, 2.05) is 0 Å². The number of aliphatic hydroxyl groups excluding tert-OH is 2. The van der Waals surface area contributed by atoms with Crippen LogP contribution in [-0.2, 0) is 9.53 Å². The zero-order valence-corrected chi connectivity index (χ0v) is 6.64. The maximum Gasteiger partial charge on any atom is 0.306 e. The fourth-order valence-electron chi connectivity index (χ4n) is 2.23. The molecule has 0 unspecified atom stereocenters. The summed E-state index contributed by atoms with van der Waals surface area (Å²) in [5.41, 5.74) is 0. The first-order valence-corrected chi connectivity index (χ1v) is 4.20. The van der Waals surface area contributed by atoms with Gasteiger partial charge in [-0.15, -0.1) is 0 Å². The molecule has 0 aromatic rings. The average Bonchev–Trinajstić information content (AvgIpc) is 2.43. The Morgan fingerprint density at radius 1 is 1.58 bits per heavy atom. The topological polar surface area (TPSA) is 66.8 Å². The quantitative estimate of drug-likeness (QED) is 0.513. The maximum atomic E-state index is 10.8. The molecule has 2 fully saturated rings. The molecule has 1 saturated carbocycles. The molecule has 4 nitrogen and oxygen atoms in total. The highest BCUT2D eigenvalue weighted by atomic mass is 16.6. The molecule has 0 amide bonds. The Hall–Kier alpha value is -0.610. The summed E-state index contributed by atoms with van der Waals surface area (Å²) in [4.78, 5) is 10.8. The third-order valence-corrected chi connectivity index (χ3v) is 2.89. The molecule has 1 saturated heterocycles. The van der Waals surface area contributed by atoms with Crippen LogP contribution in [0.5, 0.6) is 0 Å². The van der Waals surface area contributed by atoms with E-state index >= 15 is 0 Å². The van der Waals surface area contributed by atoms with Crippen LogP contribution in [0.2, 0.25) is 0 Å². The van der Waals surface area contributed by atoms with E-state index < -0.39 is 6.10 Å². The van der Waals surface area contributed by atoms with Gasteiger partial charge >= 0.3 is 5.97 Å². The Kier molecular flexibility index (Phi) is 1.81. The molecule has 4 atom stereocenters. The lowest BCUT2D eigenvalue weighted by Gasteiger charge is -2.14. The number of rotatable bonds is 1. The lowest BCUT2D eigenvalue weighted by atomic mass is 9.93. The summed E-state index contributed by atoms with van der Waals surface area (Å²) >= 11 is 0. The second-order valence-corrected chi connectivity index (χ2v) is 3.55. The highest BCUT2D eigenvalue weighted by Crippen LogP contribution is 2.40. The van der Waals surface area contributed by atoms with Crippen molar-refractivity contribution in [3.8, 4) is 0 Å². The molecule has 1 aliphatic carbocycles. The number of hydrogen-bond donors (Lipinski definition) is 2. The fourth-order valence-corrected chi connectivity index (χ4v) is 2.23. The normalized spacial score (nSPS) is 46.0. The average molecular weight is 172 g/mol. The smallest absolute Gasteiger partial charge is 0.306 e. The molecule has 4 heteroatoms. The Bertz CT molecular complexity index is 203. The zero-order chi connectivity index (χ0) is 8.72. The molecule has 12 heavy (non-hydrogen) atoms. The first-order valence-electron chi connectivity index (χ1n) is 4.20. The minimum absolute atomic E-state index is 0.0394. The molecule has 2 N–H and O–H groups in total. The van der Waals surface area contributed by atoms with Gasteiger partial charge in [-0.3, -0.25) is 4.79 Å². The number of carbonyl (C=O) groups is 1. The van der Waals surface area contributed by atoms with Crippen molar-refractivity contribution in [1.29, 1.82) is 0 Å². The molecule has 68 valence electrons. The third-order valence-electron chi connectivity index (χ3n) is 2.89. The zero-order valence-electron chi connectivity index (χ0n) is 6.64. The van der Waals surface area contributed by atoms with Gasteiger partial charge in [0, 0.05) is 24.9 Å². The van der Waals surface area contributed by atoms with Crippen molar-refractivity contribution in [3.63, 3.8) is 0 Å². The number of hydrogen-bond acceptors (Lipinski definition) is 4. The second-order valence-electron chi connectivity index (χ2n) is 3.55. The summed E-state index contributed by atoms with van der Waals surface area (Å²) in [5.74, 6) is -0.325. The van der Waals surface area contributed by atoms with Gasteiger partial charge in [-0.25, -0.2) is 0 Å². The molecule has 0 aromatic carbocycles. The van der Waals surface area contributed by atoms with E-state index in [2.05, 4.69) is 0 Å². The van der Waals surface area contributed by atoms with Crippen LogP contribution in [0, 0.1) is 11.8 Å². The first kappa shape index (κ1) is 8.01. The second kappa shape index (κ2) is 2.71. The molecule has 0 radical (unpaired) electrons. The minimum Gasteiger partial charge on any atom is -0.462 e. The van der Waals surface area contributed by atoms with Gasteiger partial charge in [-0.1, -0.05) is 0 Å². The van der Waals surface area contributed by atoms with E-state index in [4.69, 9.17) is 9.84 Å². The molecule has 0 aromatic heterocycles. The summed E-state index contributed by atoms with van der Waals surface area (Å²) in [6.07, 6.45) is 0.192. The van der Waals surface area contributed by atoms with Crippen LogP contribution in [0.15, 0.2) is 0 Å². The summed E-state index contributed by atoms with van der Waals surface area (Å²) in [6.45, 7) is -0.0566. The Morgan fingerprint density at radius 3 is 3.00 bits per heavy atom. The molecule has 0 spiro atoms. The minimum atomic E-state index is -0.502. The van der Waals surface area contributed by atoms with E-state index in [9.17, 15) is 9.90 Å². The van der Waals surface area contributed by atoms with Gasteiger partial charge in [0.2, 0.25) is 0 Å². The van der Waals surface area contributed by atoms with Crippen LogP contribution >= 0.6 is 0 Å². The number of fused-ring (bicyclic) bond motifs is 1. The standard InChI is InChI=1S/C8H12O4/c9-3-5-4-1-8(11)12-7(4)2-6(5)10/h4-7,9-10H,1-3H2/t4-,5+,6-,7+/m1/s1. The lowest BCUT2D eigenvalue weighted by molar-refractivity contribution is -0.141. The van der Waals surface area contributed by atoms with Gasteiger partial charge in [0.05, 0.1) is 12.5 Å². The van der Waals surface area contributed by atoms with Gasteiger partial charge in [0.25, 0.3) is 0 Å². The van der Waals surface area contributed by atoms with Crippen molar-refractivity contribution < 1.29 is 19.7 Å². The molecule has 0 bridgehead atoms. The van der Waals surface area contributed by atoms with Crippen molar-refractivity contribution in [1.82, 2.24) is 0 Å². The number of esters is 1. The largest absolute Gasteiger partial charge is 0.462 e. The molecule has 2 rings (SSSR count). The predicted octanol–water partition coefficient (Wildman–Crippen LogP) is -0.709. The molecular weight excluding hydrogens is 160 g/mol.